The van der Waals surface area contributed by atoms with Crippen LogP contribution in [-0.4, -0.2) is 45.8 Å². The van der Waals surface area contributed by atoms with Crippen LogP contribution in [0.1, 0.15) is 35.4 Å². The number of aromatic amines is 1. The number of carbonyl (C=O) groups excluding carboxylic acids is 1. The molecule has 3 aromatic heterocycles. The third-order valence-electron chi connectivity index (χ3n) is 6.58. The third-order valence-corrected chi connectivity index (χ3v) is 6.58. The van der Waals surface area contributed by atoms with Gasteiger partial charge in [0.2, 0.25) is 0 Å². The van der Waals surface area contributed by atoms with Gasteiger partial charge in [0.1, 0.15) is 23.7 Å². The van der Waals surface area contributed by atoms with E-state index >= 15 is 0 Å². The Balaban J connectivity index is 1.35. The fourth-order valence-electron chi connectivity index (χ4n) is 4.89. The number of aryl methyl sites for hydroxylation is 3. The average molecular weight is 510 g/mol. The maximum Gasteiger partial charge on any atom is 0.409 e. The van der Waals surface area contributed by atoms with Gasteiger partial charge in [-0.05, 0) is 67.1 Å². The maximum atomic E-state index is 13.4. The summed E-state index contributed by atoms with van der Waals surface area (Å²) in [6, 6.07) is 14.1. The summed E-state index contributed by atoms with van der Waals surface area (Å²) in [4.78, 5) is 37.4. The van der Waals surface area contributed by atoms with Crippen molar-refractivity contribution in [1.29, 1.82) is 0 Å². The number of H-pyrrole nitrogens is 1. The molecule has 6 rings (SSSR count). The number of hydrogen-bond donors (Lipinski definition) is 2. The summed E-state index contributed by atoms with van der Waals surface area (Å²) in [5.74, 6) is 1.74. The van der Waals surface area contributed by atoms with Gasteiger partial charge in [0.15, 0.2) is 0 Å². The van der Waals surface area contributed by atoms with Crippen LogP contribution < -0.4 is 16.0 Å². The summed E-state index contributed by atoms with van der Waals surface area (Å²) >= 11 is 0. The molecule has 38 heavy (non-hydrogen) atoms. The zero-order valence-corrected chi connectivity index (χ0v) is 20.6. The second-order valence-electron chi connectivity index (χ2n) is 9.12. The molecule has 3 N–H and O–H groups in total. The highest BCUT2D eigenvalue weighted by Gasteiger charge is 2.30. The van der Waals surface area contributed by atoms with E-state index in [4.69, 9.17) is 20.4 Å². The number of tetrazole rings is 1. The number of hydrogen-bond acceptors (Lipinski definition) is 8. The number of primary amides is 1. The molecule has 0 saturated heterocycles. The highest BCUT2D eigenvalue weighted by atomic mass is 16.5. The molecule has 0 fully saturated rings. The normalized spacial score (nSPS) is 14.4. The molecule has 0 aliphatic carbocycles. The molecule has 1 aliphatic heterocycles. The number of nitrogens with one attached hydrogen (secondary N) is 1. The van der Waals surface area contributed by atoms with E-state index in [0.29, 0.717) is 35.9 Å². The Kier molecular flexibility index (Phi) is 5.56. The molecule has 1 atom stereocenters. The molecule has 0 saturated carbocycles. The molecule has 12 nitrogen and oxygen atoms in total. The number of rotatable bonds is 5. The minimum absolute atomic E-state index is 0.153. The van der Waals surface area contributed by atoms with Crippen LogP contribution in [0.25, 0.3) is 28.2 Å². The second kappa shape index (κ2) is 9.07. The molecule has 0 radical (unpaired) electrons. The zero-order chi connectivity index (χ0) is 26.4. The van der Waals surface area contributed by atoms with E-state index in [2.05, 4.69) is 20.5 Å². The quantitative estimate of drug-likeness (QED) is 0.366. The second-order valence-corrected chi connectivity index (χ2v) is 9.12. The largest absolute Gasteiger partial charge is 0.411 e. The first-order valence-corrected chi connectivity index (χ1v) is 12.0. The van der Waals surface area contributed by atoms with Gasteiger partial charge in [-0.1, -0.05) is 11.6 Å². The number of amides is 1. The summed E-state index contributed by atoms with van der Waals surface area (Å²) < 4.78 is 8.18. The van der Waals surface area contributed by atoms with Gasteiger partial charge in [-0.15, -0.1) is 5.10 Å². The Bertz CT molecular complexity index is 1720. The fraction of sp³-hybridized carbons (Fsp3) is 0.192. The average Bonchev–Trinajstić information content (AvgIpc) is 3.64. The van der Waals surface area contributed by atoms with Crippen molar-refractivity contribution in [2.75, 3.05) is 0 Å². The fourth-order valence-corrected chi connectivity index (χ4v) is 4.89. The third kappa shape index (κ3) is 4.11. The van der Waals surface area contributed by atoms with Gasteiger partial charge < -0.3 is 15.5 Å². The SMILES string of the molecule is Cc1ccc(-n2cnnn2)c(-c2cc(=O)n3c(n2)CC[C@H]3c2nc(C)c(-c3ccc(OC(N)=O)cc3)[nH]2)c1. The molecule has 0 unspecified atom stereocenters. The van der Waals surface area contributed by atoms with E-state index in [9.17, 15) is 9.59 Å². The van der Waals surface area contributed by atoms with Crippen molar-refractivity contribution in [3.05, 3.63) is 88.1 Å². The predicted molar refractivity (Wildman–Crippen MR) is 137 cm³/mol. The molecular formula is C26H23N9O3. The number of imidazole rings is 1. The Labute approximate surface area is 216 Å². The van der Waals surface area contributed by atoms with Gasteiger partial charge in [0.05, 0.1) is 28.8 Å². The lowest BCUT2D eigenvalue weighted by molar-refractivity contribution is 0.211. The van der Waals surface area contributed by atoms with Crippen molar-refractivity contribution in [3.8, 4) is 34.0 Å². The van der Waals surface area contributed by atoms with Crippen LogP contribution in [0.4, 0.5) is 4.79 Å². The molecule has 12 heteroatoms. The predicted octanol–water partition coefficient (Wildman–Crippen LogP) is 2.89. The van der Waals surface area contributed by atoms with E-state index in [1.165, 1.54) is 6.33 Å². The van der Waals surface area contributed by atoms with Crippen molar-refractivity contribution in [2.45, 2.75) is 32.7 Å². The lowest BCUT2D eigenvalue weighted by atomic mass is 10.1. The van der Waals surface area contributed by atoms with E-state index in [1.54, 1.807) is 27.4 Å². The van der Waals surface area contributed by atoms with Crippen LogP contribution in [-0.2, 0) is 6.42 Å². The lowest BCUT2D eigenvalue weighted by Crippen LogP contribution is -2.25. The van der Waals surface area contributed by atoms with Gasteiger partial charge in [-0.2, -0.15) is 4.68 Å². The zero-order valence-electron chi connectivity index (χ0n) is 20.6. The molecule has 190 valence electrons. The Morgan fingerprint density at radius 1 is 1.11 bits per heavy atom. The van der Waals surface area contributed by atoms with Crippen LogP contribution >= 0.6 is 0 Å². The molecule has 0 bridgehead atoms. The first-order valence-electron chi connectivity index (χ1n) is 12.0. The van der Waals surface area contributed by atoms with E-state index in [-0.39, 0.29) is 11.6 Å². The summed E-state index contributed by atoms with van der Waals surface area (Å²) in [6.45, 7) is 3.89. The number of carbonyl (C=O) groups is 1. The molecule has 4 heterocycles. The molecule has 0 spiro atoms. The number of benzene rings is 2. The minimum Gasteiger partial charge on any atom is -0.411 e. The van der Waals surface area contributed by atoms with Crippen LogP contribution in [0.5, 0.6) is 5.75 Å². The van der Waals surface area contributed by atoms with E-state index in [1.807, 2.05) is 44.2 Å². The maximum absolute atomic E-state index is 13.4. The lowest BCUT2D eigenvalue weighted by Gasteiger charge is -2.14. The van der Waals surface area contributed by atoms with Crippen LogP contribution in [0, 0.1) is 13.8 Å². The van der Waals surface area contributed by atoms with Gasteiger partial charge in [-0.3, -0.25) is 9.36 Å². The van der Waals surface area contributed by atoms with Crippen molar-refractivity contribution in [1.82, 2.24) is 39.7 Å². The van der Waals surface area contributed by atoms with Crippen LogP contribution in [0.3, 0.4) is 0 Å². The number of nitrogens with zero attached hydrogens (tertiary/aromatic N) is 7. The molecule has 2 aromatic carbocycles. The van der Waals surface area contributed by atoms with E-state index < -0.39 is 6.09 Å². The summed E-state index contributed by atoms with van der Waals surface area (Å²) in [7, 11) is 0. The van der Waals surface area contributed by atoms with Crippen molar-refractivity contribution in [2.24, 2.45) is 5.73 Å². The molecular weight excluding hydrogens is 486 g/mol. The topological polar surface area (TPSA) is 159 Å². The summed E-state index contributed by atoms with van der Waals surface area (Å²) in [6.07, 6.45) is 1.97. The number of nitrogens with two attached hydrogens (primary N) is 1. The molecule has 1 aliphatic rings. The highest BCUT2D eigenvalue weighted by molar-refractivity contribution is 5.71. The van der Waals surface area contributed by atoms with Crippen LogP contribution in [0.2, 0.25) is 0 Å². The smallest absolute Gasteiger partial charge is 0.409 e. The van der Waals surface area contributed by atoms with Gasteiger partial charge in [0, 0.05) is 23.6 Å². The number of ether oxygens (including phenoxy) is 1. The molecule has 5 aromatic rings. The van der Waals surface area contributed by atoms with E-state index in [0.717, 1.165) is 33.8 Å². The molecule has 1 amide bonds. The Hall–Kier alpha value is -5.13. The Morgan fingerprint density at radius 2 is 1.92 bits per heavy atom. The first kappa shape index (κ1) is 23.3. The van der Waals surface area contributed by atoms with Gasteiger partial charge >= 0.3 is 6.09 Å². The monoisotopic (exact) mass is 509 g/mol. The summed E-state index contributed by atoms with van der Waals surface area (Å²) in [5, 5.41) is 11.5. The first-order chi connectivity index (χ1) is 18.4. The standard InChI is InChI=1S/C26H23N9O3/c1-14-3-8-20(34-13-28-32-33-34)18(11-14)19-12-23(36)35-21(9-10-22(35)30-19)25-29-15(2)24(31-25)16-4-6-17(7-5-16)38-26(27)37/h3-8,11-13,21H,9-10H2,1-2H3,(H2,27,37)(H,29,31)/t21-/m0/s1. The number of aromatic nitrogens is 8. The van der Waals surface area contributed by atoms with Crippen molar-refractivity contribution >= 4 is 6.09 Å². The van der Waals surface area contributed by atoms with Crippen molar-refractivity contribution < 1.29 is 9.53 Å². The minimum atomic E-state index is -0.867. The van der Waals surface area contributed by atoms with Crippen molar-refractivity contribution in [3.63, 3.8) is 0 Å². The number of fused-ring (bicyclic) bond motifs is 1. The van der Waals surface area contributed by atoms with Gasteiger partial charge in [-0.25, -0.2) is 14.8 Å². The van der Waals surface area contributed by atoms with Gasteiger partial charge in [0.25, 0.3) is 5.56 Å². The summed E-state index contributed by atoms with van der Waals surface area (Å²) in [5.41, 5.74) is 10.5. The van der Waals surface area contributed by atoms with Crippen LogP contribution in [0.15, 0.2) is 59.7 Å². The Morgan fingerprint density at radius 3 is 2.66 bits per heavy atom. The highest BCUT2D eigenvalue weighted by Crippen LogP contribution is 2.33.